The Morgan fingerprint density at radius 1 is 1.11 bits per heavy atom. The molecular weight excluding hydrogens is 232 g/mol. The largest absolute Gasteiger partial charge is 0.314 e. The first kappa shape index (κ1) is 13.1. The Morgan fingerprint density at radius 2 is 1.95 bits per heavy atom. The molecule has 104 valence electrons. The third kappa shape index (κ3) is 4.05. The van der Waals surface area contributed by atoms with Crippen LogP contribution in [0, 0.1) is 0 Å². The maximum atomic E-state index is 3.60. The standard InChI is InChI=1S/C17H26N2/c1-2-7-16-14-19(13-5-8-15(16)6-1)12-4-3-11-18-17-9-10-17/h1-2,6-7,17-18H,3-5,8-14H2. The summed E-state index contributed by atoms with van der Waals surface area (Å²) in [5.41, 5.74) is 3.12. The topological polar surface area (TPSA) is 15.3 Å². The highest BCUT2D eigenvalue weighted by molar-refractivity contribution is 5.27. The summed E-state index contributed by atoms with van der Waals surface area (Å²) in [7, 11) is 0. The molecule has 1 aromatic carbocycles. The molecule has 1 aliphatic heterocycles. The zero-order valence-electron chi connectivity index (χ0n) is 11.9. The Kier molecular flexibility index (Phi) is 4.52. The fraction of sp³-hybridized carbons (Fsp3) is 0.647. The second kappa shape index (κ2) is 6.53. The maximum Gasteiger partial charge on any atom is 0.0236 e. The van der Waals surface area contributed by atoms with Crippen LogP contribution in [0.2, 0.25) is 0 Å². The summed E-state index contributed by atoms with van der Waals surface area (Å²) >= 11 is 0. The Balaban J connectivity index is 1.41. The van der Waals surface area contributed by atoms with E-state index in [2.05, 4.69) is 34.5 Å². The van der Waals surface area contributed by atoms with Crippen molar-refractivity contribution in [1.29, 1.82) is 0 Å². The predicted octanol–water partition coefficient (Wildman–Crippen LogP) is 2.97. The lowest BCUT2D eigenvalue weighted by Crippen LogP contribution is -2.25. The van der Waals surface area contributed by atoms with Gasteiger partial charge >= 0.3 is 0 Å². The summed E-state index contributed by atoms with van der Waals surface area (Å²) in [6.45, 7) is 4.91. The van der Waals surface area contributed by atoms with Gasteiger partial charge in [0.15, 0.2) is 0 Å². The lowest BCUT2D eigenvalue weighted by Gasteiger charge is -2.20. The van der Waals surface area contributed by atoms with Crippen molar-refractivity contribution in [2.75, 3.05) is 19.6 Å². The van der Waals surface area contributed by atoms with Crippen LogP contribution in [0.1, 0.15) is 43.2 Å². The Hall–Kier alpha value is -0.860. The van der Waals surface area contributed by atoms with Gasteiger partial charge in [-0.1, -0.05) is 24.3 Å². The van der Waals surface area contributed by atoms with Gasteiger partial charge < -0.3 is 5.32 Å². The van der Waals surface area contributed by atoms with Crippen LogP contribution in [0.5, 0.6) is 0 Å². The molecule has 1 N–H and O–H groups in total. The summed E-state index contributed by atoms with van der Waals surface area (Å²) in [6.07, 6.45) is 8.05. The lowest BCUT2D eigenvalue weighted by molar-refractivity contribution is 0.263. The molecule has 2 nitrogen and oxygen atoms in total. The zero-order chi connectivity index (χ0) is 12.9. The molecule has 0 atom stereocenters. The smallest absolute Gasteiger partial charge is 0.0236 e. The number of nitrogens with one attached hydrogen (secondary N) is 1. The molecule has 0 saturated heterocycles. The molecule has 0 radical (unpaired) electrons. The van der Waals surface area contributed by atoms with Crippen LogP contribution in [-0.2, 0) is 13.0 Å². The van der Waals surface area contributed by atoms with Gasteiger partial charge in [-0.2, -0.15) is 0 Å². The molecule has 0 amide bonds. The molecule has 1 heterocycles. The normalized spacial score (nSPS) is 20.0. The third-order valence-corrected chi connectivity index (χ3v) is 4.34. The molecule has 0 aromatic heterocycles. The highest BCUT2D eigenvalue weighted by Gasteiger charge is 2.19. The quantitative estimate of drug-likeness (QED) is 0.789. The Bertz CT molecular complexity index is 398. The minimum Gasteiger partial charge on any atom is -0.314 e. The minimum absolute atomic E-state index is 0.866. The van der Waals surface area contributed by atoms with Crippen LogP contribution in [0.25, 0.3) is 0 Å². The van der Waals surface area contributed by atoms with E-state index in [0.717, 1.165) is 12.6 Å². The van der Waals surface area contributed by atoms with Crippen LogP contribution in [0.3, 0.4) is 0 Å². The van der Waals surface area contributed by atoms with Gasteiger partial charge in [0.25, 0.3) is 0 Å². The Labute approximate surface area is 117 Å². The van der Waals surface area contributed by atoms with Crippen LogP contribution in [0.15, 0.2) is 24.3 Å². The van der Waals surface area contributed by atoms with E-state index < -0.39 is 0 Å². The molecular formula is C17H26N2. The van der Waals surface area contributed by atoms with Gasteiger partial charge in [-0.3, -0.25) is 4.90 Å². The van der Waals surface area contributed by atoms with Gasteiger partial charge in [-0.15, -0.1) is 0 Å². The number of unbranched alkanes of at least 4 members (excludes halogenated alkanes) is 1. The van der Waals surface area contributed by atoms with E-state index in [9.17, 15) is 0 Å². The summed E-state index contributed by atoms with van der Waals surface area (Å²) < 4.78 is 0. The highest BCUT2D eigenvalue weighted by Crippen LogP contribution is 2.19. The van der Waals surface area contributed by atoms with Gasteiger partial charge in [-0.25, -0.2) is 0 Å². The third-order valence-electron chi connectivity index (χ3n) is 4.34. The second-order valence-electron chi connectivity index (χ2n) is 6.08. The van der Waals surface area contributed by atoms with Crippen LogP contribution in [-0.4, -0.2) is 30.6 Å². The summed E-state index contributed by atoms with van der Waals surface area (Å²) in [4.78, 5) is 2.64. The molecule has 2 aliphatic rings. The first-order valence-corrected chi connectivity index (χ1v) is 7.94. The number of benzene rings is 1. The molecule has 1 aliphatic carbocycles. The van der Waals surface area contributed by atoms with E-state index >= 15 is 0 Å². The van der Waals surface area contributed by atoms with E-state index in [0.29, 0.717) is 0 Å². The number of rotatable bonds is 6. The predicted molar refractivity (Wildman–Crippen MR) is 80.3 cm³/mol. The molecule has 1 fully saturated rings. The zero-order valence-corrected chi connectivity index (χ0v) is 11.9. The first-order chi connectivity index (χ1) is 9.42. The molecule has 2 heteroatoms. The fourth-order valence-corrected chi connectivity index (χ4v) is 3.01. The molecule has 1 saturated carbocycles. The number of nitrogens with zero attached hydrogens (tertiary/aromatic N) is 1. The number of aryl methyl sites for hydroxylation is 1. The van der Waals surface area contributed by atoms with Crippen LogP contribution < -0.4 is 5.32 Å². The van der Waals surface area contributed by atoms with Crippen molar-refractivity contribution in [1.82, 2.24) is 10.2 Å². The number of hydrogen-bond donors (Lipinski definition) is 1. The van der Waals surface area contributed by atoms with E-state index in [1.165, 1.54) is 58.2 Å². The highest BCUT2D eigenvalue weighted by atomic mass is 15.1. The average Bonchev–Trinajstić information content (AvgIpc) is 3.24. The van der Waals surface area contributed by atoms with E-state index in [1.807, 2.05) is 0 Å². The number of fused-ring (bicyclic) bond motifs is 1. The molecule has 1 aromatic rings. The first-order valence-electron chi connectivity index (χ1n) is 7.94. The van der Waals surface area contributed by atoms with E-state index in [1.54, 1.807) is 11.1 Å². The van der Waals surface area contributed by atoms with Crippen molar-refractivity contribution < 1.29 is 0 Å². The molecule has 0 bridgehead atoms. The summed E-state index contributed by atoms with van der Waals surface area (Å²) in [6, 6.07) is 9.84. The van der Waals surface area contributed by atoms with Crippen LogP contribution >= 0.6 is 0 Å². The van der Waals surface area contributed by atoms with Crippen molar-refractivity contribution in [3.8, 4) is 0 Å². The molecule has 3 rings (SSSR count). The fourth-order valence-electron chi connectivity index (χ4n) is 3.01. The van der Waals surface area contributed by atoms with Crippen molar-refractivity contribution in [3.05, 3.63) is 35.4 Å². The minimum atomic E-state index is 0.866. The van der Waals surface area contributed by atoms with Crippen molar-refractivity contribution in [2.45, 2.75) is 51.1 Å². The maximum absolute atomic E-state index is 3.60. The van der Waals surface area contributed by atoms with Gasteiger partial charge in [0.2, 0.25) is 0 Å². The monoisotopic (exact) mass is 258 g/mol. The summed E-state index contributed by atoms with van der Waals surface area (Å²) in [5, 5.41) is 3.60. The molecule has 0 unspecified atom stereocenters. The lowest BCUT2D eigenvalue weighted by atomic mass is 10.0. The average molecular weight is 258 g/mol. The van der Waals surface area contributed by atoms with Gasteiger partial charge in [-0.05, 0) is 69.3 Å². The second-order valence-corrected chi connectivity index (χ2v) is 6.08. The van der Waals surface area contributed by atoms with Gasteiger partial charge in [0.1, 0.15) is 0 Å². The van der Waals surface area contributed by atoms with Gasteiger partial charge in [0.05, 0.1) is 0 Å². The molecule has 19 heavy (non-hydrogen) atoms. The Morgan fingerprint density at radius 3 is 2.79 bits per heavy atom. The number of hydrogen-bond acceptors (Lipinski definition) is 2. The van der Waals surface area contributed by atoms with E-state index in [-0.39, 0.29) is 0 Å². The molecule has 0 spiro atoms. The van der Waals surface area contributed by atoms with Crippen molar-refractivity contribution in [2.24, 2.45) is 0 Å². The van der Waals surface area contributed by atoms with Crippen LogP contribution in [0.4, 0.5) is 0 Å². The SMILES string of the molecule is c1ccc2c(c1)CCCN(CCCCNC1CC1)C2. The van der Waals surface area contributed by atoms with Gasteiger partial charge in [0, 0.05) is 12.6 Å². The summed E-state index contributed by atoms with van der Waals surface area (Å²) in [5.74, 6) is 0. The van der Waals surface area contributed by atoms with E-state index in [4.69, 9.17) is 0 Å². The van der Waals surface area contributed by atoms with Crippen molar-refractivity contribution >= 4 is 0 Å². The van der Waals surface area contributed by atoms with Crippen molar-refractivity contribution in [3.63, 3.8) is 0 Å².